The second kappa shape index (κ2) is 13.6. The maximum absolute atomic E-state index is 14.3. The summed E-state index contributed by atoms with van der Waals surface area (Å²) in [6, 6.07) is -1.30. The number of ether oxygens (including phenoxy) is 1. The Hall–Kier alpha value is -4.69. The maximum Gasteiger partial charge on any atom is 0.408 e. The number of rotatable bonds is 5. The third-order valence-electron chi connectivity index (χ3n) is 8.62. The van der Waals surface area contributed by atoms with Crippen molar-refractivity contribution in [2.45, 2.75) is 95.0 Å². The first-order chi connectivity index (χ1) is 22.3. The molecule has 0 spiro atoms. The van der Waals surface area contributed by atoms with Gasteiger partial charge in [-0.05, 0) is 74.4 Å². The minimum atomic E-state index is -1.51. The average molecular weight is 667 g/mol. The molecule has 5 rings (SSSR count). The molecule has 47 heavy (non-hydrogen) atoms. The molecule has 2 aromatic rings. The predicted molar refractivity (Wildman–Crippen MR) is 172 cm³/mol. The molecular weight excluding hydrogens is 628 g/mol. The lowest BCUT2D eigenvalue weighted by Gasteiger charge is -2.30. The number of alkyl carbamates (subject to hydrolysis) is 1. The van der Waals surface area contributed by atoms with Crippen molar-refractivity contribution in [1.29, 1.82) is 0 Å². The lowest BCUT2D eigenvalue weighted by molar-refractivity contribution is -0.145. The summed E-state index contributed by atoms with van der Waals surface area (Å²) in [5.74, 6) is -2.81. The van der Waals surface area contributed by atoms with E-state index in [0.29, 0.717) is 18.4 Å². The van der Waals surface area contributed by atoms with Gasteiger partial charge in [-0.3, -0.25) is 14.4 Å². The molecule has 3 amide bonds. The van der Waals surface area contributed by atoms with Crippen molar-refractivity contribution in [2.24, 2.45) is 11.0 Å². The molecule has 3 aliphatic rings. The van der Waals surface area contributed by atoms with Gasteiger partial charge >= 0.3 is 12.1 Å². The smallest absolute Gasteiger partial charge is 0.408 e. The van der Waals surface area contributed by atoms with Gasteiger partial charge in [-0.2, -0.15) is 16.4 Å². The fourth-order valence-electron chi connectivity index (χ4n) is 6.23. The van der Waals surface area contributed by atoms with Gasteiger partial charge in [0.25, 0.3) is 5.56 Å². The van der Waals surface area contributed by atoms with E-state index in [4.69, 9.17) is 10.3 Å². The highest BCUT2D eigenvalue weighted by Gasteiger charge is 2.61. The van der Waals surface area contributed by atoms with Crippen molar-refractivity contribution in [3.8, 4) is 11.1 Å². The van der Waals surface area contributed by atoms with Crippen molar-refractivity contribution >= 4 is 40.9 Å². The summed E-state index contributed by atoms with van der Waals surface area (Å²) in [6.07, 6.45) is 7.52. The quantitative estimate of drug-likeness (QED) is 0.179. The van der Waals surface area contributed by atoms with E-state index in [2.05, 4.69) is 25.8 Å². The van der Waals surface area contributed by atoms with E-state index in [1.807, 2.05) is 12.2 Å². The van der Waals surface area contributed by atoms with Crippen LogP contribution in [-0.4, -0.2) is 73.4 Å². The molecule has 1 saturated carbocycles. The Kier molecular flexibility index (Phi) is 9.73. The zero-order chi connectivity index (χ0) is 33.9. The van der Waals surface area contributed by atoms with Crippen LogP contribution in [0.3, 0.4) is 0 Å². The van der Waals surface area contributed by atoms with E-state index in [1.54, 1.807) is 37.6 Å². The molecule has 0 radical (unpaired) electrons. The fourth-order valence-corrected chi connectivity index (χ4v) is 6.87. The number of hydrogen-bond acceptors (Lipinski definition) is 9. The number of carbonyl (C=O) groups excluding carboxylic acids is 3. The predicted octanol–water partition coefficient (Wildman–Crippen LogP) is 4.43. The van der Waals surface area contributed by atoms with Crippen molar-refractivity contribution < 1.29 is 29.0 Å². The lowest BCUT2D eigenvalue weighted by Crippen LogP contribution is -2.56. The van der Waals surface area contributed by atoms with Crippen LogP contribution in [0.4, 0.5) is 10.5 Å². The molecule has 16 heteroatoms. The molecule has 0 bridgehead atoms. The van der Waals surface area contributed by atoms with Crippen LogP contribution in [-0.2, 0) is 19.1 Å². The van der Waals surface area contributed by atoms with Gasteiger partial charge in [0, 0.05) is 23.8 Å². The number of nitrogens with one attached hydrogen (secondary N) is 2. The van der Waals surface area contributed by atoms with E-state index >= 15 is 0 Å². The molecule has 5 atom stereocenters. The number of fused-ring (bicyclic) bond motifs is 2. The Morgan fingerprint density at radius 1 is 1.26 bits per heavy atom. The topological polar surface area (TPSA) is 209 Å². The Morgan fingerprint density at radius 3 is 2.72 bits per heavy atom. The second-order valence-electron chi connectivity index (χ2n) is 13.1. The Bertz CT molecular complexity index is 1680. The van der Waals surface area contributed by atoms with Crippen molar-refractivity contribution in [2.75, 3.05) is 6.54 Å². The first kappa shape index (κ1) is 33.7. The third kappa shape index (κ3) is 7.33. The molecule has 2 aromatic heterocycles. The number of nitrogens with zero attached hydrogens (tertiary/aromatic N) is 6. The number of thiophene rings is 1. The van der Waals surface area contributed by atoms with Gasteiger partial charge in [0.2, 0.25) is 11.8 Å². The van der Waals surface area contributed by atoms with Crippen LogP contribution in [0.2, 0.25) is 0 Å². The number of carbonyl (C=O) groups is 4. The second-order valence-corrected chi connectivity index (χ2v) is 13.9. The molecule has 0 unspecified atom stereocenters. The highest BCUT2D eigenvalue weighted by molar-refractivity contribution is 7.08. The monoisotopic (exact) mass is 666 g/mol. The molecule has 3 N–H and O–H groups in total. The molecule has 4 heterocycles. The molecule has 0 aromatic carbocycles. The normalized spacial score (nSPS) is 26.5. The first-order valence-corrected chi connectivity index (χ1v) is 16.5. The number of azide groups is 1. The summed E-state index contributed by atoms with van der Waals surface area (Å²) in [5, 5.41) is 26.9. The number of hydrogen-bond donors (Lipinski definition) is 3. The van der Waals surface area contributed by atoms with Gasteiger partial charge in [-0.15, -0.1) is 0 Å². The summed E-state index contributed by atoms with van der Waals surface area (Å²) in [4.78, 5) is 71.4. The maximum atomic E-state index is 14.3. The van der Waals surface area contributed by atoms with Gasteiger partial charge in [0.1, 0.15) is 23.2 Å². The van der Waals surface area contributed by atoms with Crippen molar-refractivity contribution in [3.05, 3.63) is 56.0 Å². The van der Waals surface area contributed by atoms with Gasteiger partial charge in [-0.1, -0.05) is 30.1 Å². The molecular formula is C31H38N8O7S. The van der Waals surface area contributed by atoms with Gasteiger partial charge in [0.05, 0.1) is 23.5 Å². The summed E-state index contributed by atoms with van der Waals surface area (Å²) < 4.78 is 6.60. The van der Waals surface area contributed by atoms with Crippen LogP contribution in [0.5, 0.6) is 0 Å². The summed E-state index contributed by atoms with van der Waals surface area (Å²) in [7, 11) is 0. The van der Waals surface area contributed by atoms with E-state index in [-0.39, 0.29) is 37.1 Å². The molecule has 1 saturated heterocycles. The van der Waals surface area contributed by atoms with Crippen LogP contribution in [0.25, 0.3) is 21.6 Å². The van der Waals surface area contributed by atoms with Crippen LogP contribution < -0.4 is 16.2 Å². The van der Waals surface area contributed by atoms with E-state index in [9.17, 15) is 29.1 Å². The number of allylic oxidation sites excluding steroid dienone is 1. The number of aromatic nitrogens is 2. The minimum Gasteiger partial charge on any atom is -0.479 e. The highest BCUT2D eigenvalue weighted by atomic mass is 32.1. The third-order valence-corrected chi connectivity index (χ3v) is 9.30. The summed E-state index contributed by atoms with van der Waals surface area (Å²) in [5.41, 5.74) is 6.87. The molecule has 2 fully saturated rings. The zero-order valence-corrected chi connectivity index (χ0v) is 27.2. The standard InChI is InChI=1S/C31H38N8O7S/c1-30(2,3)46-29(45)34-21-10-8-6-4-5-7-9-19-14-31(19,28(43)44)35-25(40)23-13-20(16-38(23)26(21)41)39-27(42)24(18-11-12-47-17-18)22(15-33-39)36-37-32/h7,9,11-12,15,17,19-21,23H,4-6,8,10,13-14,16H2,1-3H3,(H,34,45)(H,35,40)(H,43,44)/t19-,20-,21+,23+,31-/m1/s1. The highest BCUT2D eigenvalue weighted by Crippen LogP contribution is 2.45. The first-order valence-electron chi connectivity index (χ1n) is 15.6. The molecule has 250 valence electrons. The Morgan fingerprint density at radius 2 is 2.04 bits per heavy atom. The number of carboxylic acid groups (broad SMARTS) is 1. The SMILES string of the molecule is CC(C)(C)OC(=O)N[C@H]1CCCCCC=C[C@@H]2C[C@@]2(C(=O)O)NC(=O)[C@@H]2C[C@@H](n3ncc(N=[N+]=[N-])c(-c4ccsc4)c3=O)CN2C1=O. The number of amides is 3. The van der Waals surface area contributed by atoms with Crippen LogP contribution in [0, 0.1) is 5.92 Å². The van der Waals surface area contributed by atoms with E-state index in [0.717, 1.165) is 12.8 Å². The van der Waals surface area contributed by atoms with Gasteiger partial charge < -0.3 is 25.4 Å². The Labute approximate surface area is 274 Å². The van der Waals surface area contributed by atoms with Crippen LogP contribution >= 0.6 is 11.3 Å². The van der Waals surface area contributed by atoms with Crippen LogP contribution in [0.15, 0.2) is 45.1 Å². The van der Waals surface area contributed by atoms with Crippen molar-refractivity contribution in [3.63, 3.8) is 0 Å². The van der Waals surface area contributed by atoms with Crippen LogP contribution in [0.1, 0.15) is 71.8 Å². The van der Waals surface area contributed by atoms with Crippen molar-refractivity contribution in [1.82, 2.24) is 25.3 Å². The van der Waals surface area contributed by atoms with Gasteiger partial charge in [-0.25, -0.2) is 14.3 Å². The van der Waals surface area contributed by atoms with Gasteiger partial charge in [0.15, 0.2) is 0 Å². The number of aliphatic carboxylic acids is 1. The zero-order valence-electron chi connectivity index (χ0n) is 26.4. The molecule has 2 aliphatic heterocycles. The Balaban J connectivity index is 1.53. The van der Waals surface area contributed by atoms with E-state index < -0.39 is 64.6 Å². The van der Waals surface area contributed by atoms with E-state index in [1.165, 1.54) is 27.1 Å². The lowest BCUT2D eigenvalue weighted by atomic mass is 10.0. The largest absolute Gasteiger partial charge is 0.479 e. The molecule has 15 nitrogen and oxygen atoms in total. The summed E-state index contributed by atoms with van der Waals surface area (Å²) in [6.45, 7) is 4.99. The average Bonchev–Trinajstić information content (AvgIpc) is 3.32. The number of carboxylic acids is 1. The summed E-state index contributed by atoms with van der Waals surface area (Å²) >= 11 is 1.35. The fraction of sp³-hybridized carbons (Fsp3) is 0.548. The minimum absolute atomic E-state index is 0.0340. The molecule has 1 aliphatic carbocycles.